The maximum atomic E-state index is 13.0. The van der Waals surface area contributed by atoms with Crippen LogP contribution in [0, 0.1) is 5.41 Å². The number of carbonyl (C=O) groups excluding carboxylic acids is 1. The number of amides is 1. The second-order valence-corrected chi connectivity index (χ2v) is 7.00. The largest absolute Gasteiger partial charge is 0.480 e. The van der Waals surface area contributed by atoms with E-state index < -0.39 is 11.4 Å². The summed E-state index contributed by atoms with van der Waals surface area (Å²) < 4.78 is 5.00. The molecule has 1 heterocycles. The van der Waals surface area contributed by atoms with Gasteiger partial charge in [0, 0.05) is 18.5 Å². The molecule has 1 aliphatic rings. The molecular weight excluding hydrogens is 290 g/mol. The third-order valence-corrected chi connectivity index (χ3v) is 5.25. The van der Waals surface area contributed by atoms with Gasteiger partial charge < -0.3 is 14.7 Å². The van der Waals surface area contributed by atoms with Gasteiger partial charge in [-0.05, 0) is 23.3 Å². The summed E-state index contributed by atoms with van der Waals surface area (Å²) in [6.07, 6.45) is 0.752. The molecule has 0 radical (unpaired) electrons. The number of hydrogen-bond acceptors (Lipinski definition) is 4. The van der Waals surface area contributed by atoms with Crippen molar-refractivity contribution < 1.29 is 19.4 Å². The quantitative estimate of drug-likeness (QED) is 0.836. The van der Waals surface area contributed by atoms with Crippen molar-refractivity contribution in [1.82, 2.24) is 4.90 Å². The van der Waals surface area contributed by atoms with Crippen LogP contribution in [-0.4, -0.2) is 48.7 Å². The van der Waals surface area contributed by atoms with E-state index in [1.807, 2.05) is 17.5 Å². The summed E-state index contributed by atoms with van der Waals surface area (Å²) >= 11 is 1.56. The molecular formula is C15H21NO4S. The Morgan fingerprint density at radius 1 is 1.48 bits per heavy atom. The van der Waals surface area contributed by atoms with Crippen molar-refractivity contribution in [1.29, 1.82) is 0 Å². The number of ether oxygens (including phenoxy) is 1. The molecule has 0 unspecified atom stereocenters. The number of carboxylic acids is 1. The Morgan fingerprint density at radius 2 is 2.14 bits per heavy atom. The smallest absolute Gasteiger partial charge is 0.323 e. The maximum absolute atomic E-state index is 13.0. The molecule has 116 valence electrons. The molecule has 1 atom stereocenters. The molecule has 1 aliphatic carbocycles. The number of carbonyl (C=O) groups is 2. The minimum Gasteiger partial charge on any atom is -0.480 e. The van der Waals surface area contributed by atoms with Gasteiger partial charge in [0.25, 0.3) is 0 Å². The van der Waals surface area contributed by atoms with Gasteiger partial charge in [0.15, 0.2) is 0 Å². The molecule has 0 bridgehead atoms. The number of rotatable bonds is 7. The van der Waals surface area contributed by atoms with E-state index in [2.05, 4.69) is 13.8 Å². The fraction of sp³-hybridized carbons (Fsp3) is 0.600. The van der Waals surface area contributed by atoms with Crippen molar-refractivity contribution in [3.05, 3.63) is 22.4 Å². The van der Waals surface area contributed by atoms with E-state index >= 15 is 0 Å². The number of thiophene rings is 1. The zero-order valence-corrected chi connectivity index (χ0v) is 13.4. The van der Waals surface area contributed by atoms with Crippen molar-refractivity contribution in [2.75, 3.05) is 26.8 Å². The fourth-order valence-corrected chi connectivity index (χ4v) is 4.02. The molecule has 1 aromatic rings. The summed E-state index contributed by atoms with van der Waals surface area (Å²) in [6, 6.07) is 3.90. The van der Waals surface area contributed by atoms with Crippen LogP contribution in [0.5, 0.6) is 0 Å². The van der Waals surface area contributed by atoms with E-state index in [-0.39, 0.29) is 17.9 Å². The average Bonchev–Trinajstić information content (AvgIpc) is 2.82. The first-order valence-electron chi connectivity index (χ1n) is 6.89. The Balaban J connectivity index is 2.27. The minimum absolute atomic E-state index is 0.102. The molecule has 1 N–H and O–H groups in total. The van der Waals surface area contributed by atoms with Gasteiger partial charge >= 0.3 is 5.97 Å². The average molecular weight is 311 g/mol. The van der Waals surface area contributed by atoms with Gasteiger partial charge in [0.2, 0.25) is 5.91 Å². The van der Waals surface area contributed by atoms with E-state index in [4.69, 9.17) is 9.84 Å². The number of carboxylic acid groups (broad SMARTS) is 1. The second-order valence-electron chi connectivity index (χ2n) is 6.06. The fourth-order valence-electron chi connectivity index (χ4n) is 2.92. The van der Waals surface area contributed by atoms with Crippen LogP contribution >= 0.6 is 11.3 Å². The maximum Gasteiger partial charge on any atom is 0.323 e. The van der Waals surface area contributed by atoms with E-state index in [1.54, 1.807) is 18.4 Å². The van der Waals surface area contributed by atoms with Gasteiger partial charge in [0.05, 0.1) is 12.0 Å². The highest BCUT2D eigenvalue weighted by molar-refractivity contribution is 7.10. The number of methoxy groups -OCH3 is 1. The van der Waals surface area contributed by atoms with Crippen LogP contribution in [0.15, 0.2) is 17.5 Å². The van der Waals surface area contributed by atoms with Gasteiger partial charge in [-0.1, -0.05) is 19.9 Å². The Morgan fingerprint density at radius 3 is 2.57 bits per heavy atom. The van der Waals surface area contributed by atoms with Gasteiger partial charge in [-0.2, -0.15) is 0 Å². The molecule has 1 aromatic heterocycles. The molecule has 21 heavy (non-hydrogen) atoms. The molecule has 0 saturated heterocycles. The summed E-state index contributed by atoms with van der Waals surface area (Å²) in [5, 5.41) is 11.0. The summed E-state index contributed by atoms with van der Waals surface area (Å²) in [4.78, 5) is 26.5. The normalized spacial score (nSPS) is 22.8. The molecule has 5 nitrogen and oxygen atoms in total. The first-order valence-corrected chi connectivity index (χ1v) is 7.77. The standard InChI is InChI=1S/C15H21NO4S/c1-14(2)10-15(14,11-5-4-8-21-11)13(19)16(6-7-20-3)9-12(17)18/h4-5,8H,6-7,9-10H2,1-3H3,(H,17,18)/t15-/m0/s1. The SMILES string of the molecule is COCCN(CC(=O)O)C(=O)[C@@]1(c2cccs2)CC1(C)C. The topological polar surface area (TPSA) is 66.8 Å². The summed E-state index contributed by atoms with van der Waals surface area (Å²) in [5.41, 5.74) is -0.719. The zero-order chi connectivity index (χ0) is 15.7. The lowest BCUT2D eigenvalue weighted by atomic mass is 9.92. The van der Waals surface area contributed by atoms with Crippen molar-refractivity contribution in [2.45, 2.75) is 25.7 Å². The summed E-state index contributed by atoms with van der Waals surface area (Å²) in [6.45, 7) is 4.45. The van der Waals surface area contributed by atoms with E-state index in [0.29, 0.717) is 13.2 Å². The Hall–Kier alpha value is -1.40. The molecule has 0 aliphatic heterocycles. The highest BCUT2D eigenvalue weighted by Crippen LogP contribution is 2.66. The van der Waals surface area contributed by atoms with Crippen LogP contribution in [0.1, 0.15) is 25.1 Å². The van der Waals surface area contributed by atoms with Gasteiger partial charge in [-0.25, -0.2) is 0 Å². The Bertz CT molecular complexity index is 526. The van der Waals surface area contributed by atoms with Crippen molar-refractivity contribution in [3.63, 3.8) is 0 Å². The molecule has 6 heteroatoms. The second kappa shape index (κ2) is 5.77. The Labute approximate surface area is 128 Å². The lowest BCUT2D eigenvalue weighted by molar-refractivity contribution is -0.146. The molecule has 1 saturated carbocycles. The first kappa shape index (κ1) is 16.0. The van der Waals surface area contributed by atoms with Crippen molar-refractivity contribution >= 4 is 23.2 Å². The predicted molar refractivity (Wildman–Crippen MR) is 80.5 cm³/mol. The monoisotopic (exact) mass is 311 g/mol. The third kappa shape index (κ3) is 2.82. The van der Waals surface area contributed by atoms with Crippen LogP contribution in [0.2, 0.25) is 0 Å². The van der Waals surface area contributed by atoms with E-state index in [1.165, 1.54) is 4.90 Å². The lowest BCUT2D eigenvalue weighted by Crippen LogP contribution is -2.45. The molecule has 1 fully saturated rings. The molecule has 2 rings (SSSR count). The number of nitrogens with zero attached hydrogens (tertiary/aromatic N) is 1. The number of hydrogen-bond donors (Lipinski definition) is 1. The highest BCUT2D eigenvalue weighted by Gasteiger charge is 2.68. The molecule has 1 amide bonds. The number of aliphatic carboxylic acids is 1. The highest BCUT2D eigenvalue weighted by atomic mass is 32.1. The third-order valence-electron chi connectivity index (χ3n) is 4.22. The van der Waals surface area contributed by atoms with Crippen molar-refractivity contribution in [2.24, 2.45) is 5.41 Å². The predicted octanol–water partition coefficient (Wildman–Crippen LogP) is 1.98. The van der Waals surface area contributed by atoms with E-state index in [9.17, 15) is 9.59 Å². The Kier molecular flexibility index (Phi) is 4.39. The van der Waals surface area contributed by atoms with Crippen LogP contribution in [0.4, 0.5) is 0 Å². The van der Waals surface area contributed by atoms with Crippen LogP contribution < -0.4 is 0 Å². The van der Waals surface area contributed by atoms with Gasteiger partial charge in [-0.15, -0.1) is 11.3 Å². The van der Waals surface area contributed by atoms with Crippen LogP contribution in [-0.2, 0) is 19.7 Å². The van der Waals surface area contributed by atoms with Crippen LogP contribution in [0.25, 0.3) is 0 Å². The lowest BCUT2D eigenvalue weighted by Gasteiger charge is -2.27. The van der Waals surface area contributed by atoms with Gasteiger partial charge in [-0.3, -0.25) is 9.59 Å². The molecule has 0 spiro atoms. The minimum atomic E-state index is -1.00. The van der Waals surface area contributed by atoms with Crippen molar-refractivity contribution in [3.8, 4) is 0 Å². The van der Waals surface area contributed by atoms with E-state index in [0.717, 1.165) is 11.3 Å². The van der Waals surface area contributed by atoms with Crippen LogP contribution in [0.3, 0.4) is 0 Å². The summed E-state index contributed by atoms with van der Waals surface area (Å²) in [7, 11) is 1.54. The first-order chi connectivity index (χ1) is 9.85. The van der Waals surface area contributed by atoms with Gasteiger partial charge in [0.1, 0.15) is 6.54 Å². The summed E-state index contributed by atoms with van der Waals surface area (Å²) in [5.74, 6) is -1.10. The zero-order valence-electron chi connectivity index (χ0n) is 12.6. The molecule has 0 aromatic carbocycles.